The van der Waals surface area contributed by atoms with E-state index in [1.54, 1.807) is 30.3 Å². The summed E-state index contributed by atoms with van der Waals surface area (Å²) in [6, 6.07) is 6.11. The normalized spacial score (nSPS) is 13.6. The Hall–Kier alpha value is -2.45. The lowest BCUT2D eigenvalue weighted by Gasteiger charge is -2.31. The number of para-hydroxylation sites is 1. The number of hydrogen-bond acceptors (Lipinski definition) is 5. The maximum absolute atomic E-state index is 13.1. The second kappa shape index (κ2) is 10.8. The molecule has 1 aromatic carbocycles. The molecule has 2 atom stereocenters. The van der Waals surface area contributed by atoms with Gasteiger partial charge in [0.1, 0.15) is 6.04 Å². The molecule has 0 radical (unpaired) electrons. The third-order valence-corrected chi connectivity index (χ3v) is 4.67. The number of carboxylic acid groups (broad SMARTS) is 2. The number of carbonyl (C=O) groups excluding carboxylic acids is 1. The summed E-state index contributed by atoms with van der Waals surface area (Å²) in [5.41, 5.74) is 0.215. The Balaban J connectivity index is 3.03. The predicted octanol–water partition coefficient (Wildman–Crippen LogP) is 1.72. The van der Waals surface area contributed by atoms with E-state index in [0.29, 0.717) is 25.1 Å². The van der Waals surface area contributed by atoms with E-state index in [0.717, 1.165) is 4.90 Å². The minimum Gasteiger partial charge on any atom is -0.481 e. The molecule has 0 saturated heterocycles. The van der Waals surface area contributed by atoms with Crippen molar-refractivity contribution in [3.8, 4) is 0 Å². The summed E-state index contributed by atoms with van der Waals surface area (Å²) in [5, 5.41) is 30.7. The first-order valence-electron chi connectivity index (χ1n) is 9.26. The molecule has 8 nitrogen and oxygen atoms in total. The Morgan fingerprint density at radius 1 is 1.11 bits per heavy atom. The summed E-state index contributed by atoms with van der Waals surface area (Å²) in [4.78, 5) is 37.0. The first-order chi connectivity index (χ1) is 13.1. The van der Waals surface area contributed by atoms with Crippen LogP contribution in [0, 0.1) is 5.41 Å². The molecule has 0 fully saturated rings. The number of carbonyl (C=O) groups is 3. The number of nitrogens with zero attached hydrogens (tertiary/aromatic N) is 1. The average molecular weight is 394 g/mol. The van der Waals surface area contributed by atoms with Gasteiger partial charge in [0.05, 0.1) is 12.5 Å². The van der Waals surface area contributed by atoms with Gasteiger partial charge in [0, 0.05) is 12.3 Å². The molecule has 4 N–H and O–H groups in total. The number of carboxylic acids is 2. The molecule has 0 aromatic heterocycles. The molecule has 0 heterocycles. The number of benzene rings is 1. The van der Waals surface area contributed by atoms with Crippen molar-refractivity contribution in [1.29, 1.82) is 0 Å². The molecule has 28 heavy (non-hydrogen) atoms. The van der Waals surface area contributed by atoms with Crippen molar-refractivity contribution in [3.05, 3.63) is 30.3 Å². The van der Waals surface area contributed by atoms with Gasteiger partial charge in [0.2, 0.25) is 5.91 Å². The topological polar surface area (TPSA) is 127 Å². The Kier molecular flexibility index (Phi) is 9.08. The molecule has 0 bridgehead atoms. The Morgan fingerprint density at radius 3 is 2.21 bits per heavy atom. The van der Waals surface area contributed by atoms with Crippen LogP contribution in [-0.4, -0.2) is 58.4 Å². The Bertz CT molecular complexity index is 662. The number of rotatable bonds is 12. The van der Waals surface area contributed by atoms with E-state index < -0.39 is 36.4 Å². The van der Waals surface area contributed by atoms with E-state index in [9.17, 15) is 24.6 Å². The monoisotopic (exact) mass is 394 g/mol. The van der Waals surface area contributed by atoms with Crippen LogP contribution < -0.4 is 10.2 Å². The maximum Gasteiger partial charge on any atom is 0.326 e. The quantitative estimate of drug-likeness (QED) is 0.425. The summed E-state index contributed by atoms with van der Waals surface area (Å²) in [6.07, 6.45) is 0.740. The highest BCUT2D eigenvalue weighted by Gasteiger charge is 2.33. The van der Waals surface area contributed by atoms with Crippen LogP contribution in [-0.2, 0) is 14.4 Å². The fraction of sp³-hybridized carbons (Fsp3) is 0.550. The Labute approximate surface area is 165 Å². The fourth-order valence-electron chi connectivity index (χ4n) is 2.84. The van der Waals surface area contributed by atoms with Gasteiger partial charge in [-0.15, -0.1) is 0 Å². The lowest BCUT2D eigenvalue weighted by molar-refractivity contribution is -0.140. The first-order valence-corrected chi connectivity index (χ1v) is 9.26. The predicted molar refractivity (Wildman–Crippen MR) is 105 cm³/mol. The van der Waals surface area contributed by atoms with Crippen molar-refractivity contribution in [2.24, 2.45) is 5.41 Å². The van der Waals surface area contributed by atoms with Gasteiger partial charge in [0.15, 0.2) is 0 Å². The van der Waals surface area contributed by atoms with Crippen LogP contribution >= 0.6 is 0 Å². The molecule has 1 aromatic rings. The van der Waals surface area contributed by atoms with Gasteiger partial charge < -0.3 is 20.6 Å². The van der Waals surface area contributed by atoms with E-state index in [4.69, 9.17) is 5.11 Å². The number of aliphatic carboxylic acids is 2. The molecule has 0 unspecified atom stereocenters. The molecule has 0 aliphatic heterocycles. The van der Waals surface area contributed by atoms with E-state index in [2.05, 4.69) is 5.32 Å². The van der Waals surface area contributed by atoms with Crippen LogP contribution in [0.3, 0.4) is 0 Å². The number of nitrogens with one attached hydrogen (secondary N) is 1. The van der Waals surface area contributed by atoms with Gasteiger partial charge in [0.25, 0.3) is 0 Å². The van der Waals surface area contributed by atoms with Crippen molar-refractivity contribution in [1.82, 2.24) is 5.32 Å². The fourth-order valence-corrected chi connectivity index (χ4v) is 2.84. The van der Waals surface area contributed by atoms with Crippen molar-refractivity contribution < 1.29 is 29.7 Å². The number of hydrogen-bond donors (Lipinski definition) is 4. The minimum atomic E-state index is -1.18. The standard InChI is InChI=1S/C20H30N2O6/c1-14(19(27)28)22(15-7-5-4-6-8-15)18(26)16(13-17(24)25)21-11-9-20(2,3)10-12-23/h4-8,14,16,21,23H,9-13H2,1-3H3,(H,24,25)(H,27,28)/t14-,16-/m0/s1. The molecule has 156 valence electrons. The van der Waals surface area contributed by atoms with Crippen molar-refractivity contribution in [3.63, 3.8) is 0 Å². The van der Waals surface area contributed by atoms with Crippen molar-refractivity contribution in [2.45, 2.75) is 52.1 Å². The molecule has 1 rings (SSSR count). The summed E-state index contributed by atoms with van der Waals surface area (Å²) < 4.78 is 0. The van der Waals surface area contributed by atoms with Crippen LogP contribution in [0.2, 0.25) is 0 Å². The molecule has 8 heteroatoms. The van der Waals surface area contributed by atoms with Gasteiger partial charge in [-0.25, -0.2) is 4.79 Å². The molecule has 1 amide bonds. The van der Waals surface area contributed by atoms with Gasteiger partial charge in [-0.2, -0.15) is 0 Å². The zero-order valence-electron chi connectivity index (χ0n) is 16.6. The van der Waals surface area contributed by atoms with Gasteiger partial charge in [-0.3, -0.25) is 14.5 Å². The highest BCUT2D eigenvalue weighted by Crippen LogP contribution is 2.24. The summed E-state index contributed by atoms with van der Waals surface area (Å²) in [6.45, 7) is 5.74. The molecule has 0 aliphatic rings. The number of aliphatic hydroxyl groups excluding tert-OH is 1. The maximum atomic E-state index is 13.1. The van der Waals surface area contributed by atoms with E-state index in [1.165, 1.54) is 6.92 Å². The second-order valence-electron chi connectivity index (χ2n) is 7.55. The first kappa shape index (κ1) is 23.6. The van der Waals surface area contributed by atoms with Crippen LogP contribution in [0.4, 0.5) is 5.69 Å². The van der Waals surface area contributed by atoms with Crippen LogP contribution in [0.5, 0.6) is 0 Å². The van der Waals surface area contributed by atoms with Gasteiger partial charge in [-0.05, 0) is 43.9 Å². The molecule has 0 saturated carbocycles. The molecular weight excluding hydrogens is 364 g/mol. The zero-order chi connectivity index (χ0) is 21.3. The number of amides is 1. The molecular formula is C20H30N2O6. The van der Waals surface area contributed by atoms with E-state index in [1.807, 2.05) is 13.8 Å². The minimum absolute atomic E-state index is 0.0440. The van der Waals surface area contributed by atoms with Crippen molar-refractivity contribution in [2.75, 3.05) is 18.1 Å². The number of aliphatic hydroxyl groups is 1. The smallest absolute Gasteiger partial charge is 0.326 e. The van der Waals surface area contributed by atoms with E-state index in [-0.39, 0.29) is 12.0 Å². The summed E-state index contributed by atoms with van der Waals surface area (Å²) in [7, 11) is 0. The molecule has 0 spiro atoms. The number of anilines is 1. The molecule has 0 aliphatic carbocycles. The average Bonchev–Trinajstić information content (AvgIpc) is 2.61. The SMILES string of the molecule is C[C@@H](C(=O)O)N(C(=O)[C@H](CC(=O)O)NCCC(C)(C)CCO)c1ccccc1. The summed E-state index contributed by atoms with van der Waals surface area (Å²) >= 11 is 0. The highest BCUT2D eigenvalue weighted by atomic mass is 16.4. The second-order valence-corrected chi connectivity index (χ2v) is 7.55. The lowest BCUT2D eigenvalue weighted by atomic mass is 9.86. The Morgan fingerprint density at radius 2 is 1.71 bits per heavy atom. The largest absolute Gasteiger partial charge is 0.481 e. The van der Waals surface area contributed by atoms with Crippen LogP contribution in [0.15, 0.2) is 30.3 Å². The zero-order valence-corrected chi connectivity index (χ0v) is 16.6. The van der Waals surface area contributed by atoms with Crippen LogP contribution in [0.1, 0.15) is 40.0 Å². The van der Waals surface area contributed by atoms with E-state index >= 15 is 0 Å². The van der Waals surface area contributed by atoms with Gasteiger partial charge in [-0.1, -0.05) is 32.0 Å². The highest BCUT2D eigenvalue weighted by molar-refractivity contribution is 6.03. The summed E-state index contributed by atoms with van der Waals surface area (Å²) in [5.74, 6) is -2.95. The van der Waals surface area contributed by atoms with Gasteiger partial charge >= 0.3 is 11.9 Å². The van der Waals surface area contributed by atoms with Crippen LogP contribution in [0.25, 0.3) is 0 Å². The lowest BCUT2D eigenvalue weighted by Crippen LogP contribution is -2.53. The van der Waals surface area contributed by atoms with Crippen molar-refractivity contribution >= 4 is 23.5 Å². The third kappa shape index (κ3) is 7.28. The third-order valence-electron chi connectivity index (χ3n) is 4.67.